The van der Waals surface area contributed by atoms with E-state index in [0.717, 1.165) is 23.7 Å². The molecule has 0 aliphatic heterocycles. The third-order valence-corrected chi connectivity index (χ3v) is 4.64. The second-order valence-electron chi connectivity index (χ2n) is 5.50. The molecule has 4 rings (SSSR count). The Kier molecular flexibility index (Phi) is 2.02. The maximum atomic E-state index is 8.61. The number of rotatable bonds is 2. The molecule has 76 valence electrons. The molecule has 0 amide bonds. The van der Waals surface area contributed by atoms with Gasteiger partial charge in [-0.05, 0) is 55.8 Å². The molecule has 0 heterocycles. The Balaban J connectivity index is 1.72. The fourth-order valence-electron chi connectivity index (χ4n) is 4.42. The van der Waals surface area contributed by atoms with Gasteiger partial charge in [-0.3, -0.25) is 0 Å². The standard InChI is InChI=1S/C12H18N2/c13-1-2-14-12-10-4-8-3-9(6-10)7-11(12)5-8/h8-12,14H,2-7H2. The molecule has 14 heavy (non-hydrogen) atoms. The molecule has 0 spiro atoms. The van der Waals surface area contributed by atoms with Gasteiger partial charge in [-0.2, -0.15) is 5.26 Å². The van der Waals surface area contributed by atoms with Gasteiger partial charge in [-0.15, -0.1) is 0 Å². The van der Waals surface area contributed by atoms with E-state index in [2.05, 4.69) is 11.4 Å². The van der Waals surface area contributed by atoms with Crippen LogP contribution in [0, 0.1) is 35.0 Å². The first-order chi connectivity index (χ1) is 6.86. The van der Waals surface area contributed by atoms with E-state index in [9.17, 15) is 0 Å². The van der Waals surface area contributed by atoms with E-state index < -0.39 is 0 Å². The third kappa shape index (κ3) is 1.26. The summed E-state index contributed by atoms with van der Waals surface area (Å²) in [6.07, 6.45) is 7.27. The van der Waals surface area contributed by atoms with Crippen LogP contribution in [0.2, 0.25) is 0 Å². The Labute approximate surface area is 85.7 Å². The van der Waals surface area contributed by atoms with Crippen molar-refractivity contribution in [3.63, 3.8) is 0 Å². The second-order valence-corrected chi connectivity index (χ2v) is 5.50. The first kappa shape index (κ1) is 8.73. The van der Waals surface area contributed by atoms with E-state index in [-0.39, 0.29) is 0 Å². The Bertz CT molecular complexity index is 238. The van der Waals surface area contributed by atoms with Crippen LogP contribution in [-0.2, 0) is 0 Å². The molecule has 4 aliphatic carbocycles. The monoisotopic (exact) mass is 190 g/mol. The van der Waals surface area contributed by atoms with Crippen LogP contribution in [-0.4, -0.2) is 12.6 Å². The lowest BCUT2D eigenvalue weighted by Gasteiger charge is -2.54. The van der Waals surface area contributed by atoms with Gasteiger partial charge in [0.2, 0.25) is 0 Å². The Morgan fingerprint density at radius 1 is 1.00 bits per heavy atom. The number of hydrogen-bond donors (Lipinski definition) is 1. The van der Waals surface area contributed by atoms with Gasteiger partial charge in [-0.25, -0.2) is 0 Å². The summed E-state index contributed by atoms with van der Waals surface area (Å²) < 4.78 is 0. The third-order valence-electron chi connectivity index (χ3n) is 4.64. The lowest BCUT2D eigenvalue weighted by atomic mass is 9.54. The second kappa shape index (κ2) is 3.24. The highest BCUT2D eigenvalue weighted by molar-refractivity contribution is 5.02. The molecular formula is C12H18N2. The molecule has 0 saturated heterocycles. The zero-order valence-electron chi connectivity index (χ0n) is 8.58. The largest absolute Gasteiger partial charge is 0.301 e. The molecule has 4 saturated carbocycles. The van der Waals surface area contributed by atoms with Crippen molar-refractivity contribution >= 4 is 0 Å². The highest BCUT2D eigenvalue weighted by Gasteiger charge is 2.47. The summed E-state index contributed by atoms with van der Waals surface area (Å²) in [4.78, 5) is 0. The molecule has 2 nitrogen and oxygen atoms in total. The quantitative estimate of drug-likeness (QED) is 0.675. The molecule has 2 heteroatoms. The zero-order valence-corrected chi connectivity index (χ0v) is 8.58. The van der Waals surface area contributed by atoms with Gasteiger partial charge in [-0.1, -0.05) is 0 Å². The summed E-state index contributed by atoms with van der Waals surface area (Å²) in [6.45, 7) is 0.549. The Hall–Kier alpha value is -0.550. The summed E-state index contributed by atoms with van der Waals surface area (Å²) in [5.41, 5.74) is 0. The predicted octanol–water partition coefficient (Wildman–Crippen LogP) is 1.92. The molecule has 0 aromatic rings. The van der Waals surface area contributed by atoms with Crippen LogP contribution in [0.4, 0.5) is 0 Å². The van der Waals surface area contributed by atoms with Gasteiger partial charge in [0.05, 0.1) is 12.6 Å². The van der Waals surface area contributed by atoms with Gasteiger partial charge in [0.15, 0.2) is 0 Å². The molecule has 4 fully saturated rings. The van der Waals surface area contributed by atoms with E-state index in [1.54, 1.807) is 0 Å². The molecular weight excluding hydrogens is 172 g/mol. The van der Waals surface area contributed by atoms with Crippen molar-refractivity contribution in [2.75, 3.05) is 6.54 Å². The molecule has 0 atom stereocenters. The van der Waals surface area contributed by atoms with Crippen LogP contribution in [0.25, 0.3) is 0 Å². The predicted molar refractivity (Wildman–Crippen MR) is 54.4 cm³/mol. The average molecular weight is 190 g/mol. The van der Waals surface area contributed by atoms with Gasteiger partial charge < -0.3 is 5.32 Å². The SMILES string of the molecule is N#CCNC1C2CC3CC(C2)CC1C3. The summed E-state index contributed by atoms with van der Waals surface area (Å²) in [7, 11) is 0. The van der Waals surface area contributed by atoms with E-state index in [1.807, 2.05) is 0 Å². The van der Waals surface area contributed by atoms with Crippen molar-refractivity contribution in [2.24, 2.45) is 23.7 Å². The van der Waals surface area contributed by atoms with Gasteiger partial charge in [0, 0.05) is 6.04 Å². The molecule has 0 aromatic heterocycles. The minimum Gasteiger partial charge on any atom is -0.301 e. The van der Waals surface area contributed by atoms with Crippen LogP contribution in [0.15, 0.2) is 0 Å². The fraction of sp³-hybridized carbons (Fsp3) is 0.917. The normalized spacial score (nSPS) is 49.2. The van der Waals surface area contributed by atoms with Gasteiger partial charge >= 0.3 is 0 Å². The van der Waals surface area contributed by atoms with Crippen LogP contribution >= 0.6 is 0 Å². The van der Waals surface area contributed by atoms with E-state index in [4.69, 9.17) is 5.26 Å². The van der Waals surface area contributed by atoms with E-state index >= 15 is 0 Å². The number of nitrogens with one attached hydrogen (secondary N) is 1. The lowest BCUT2D eigenvalue weighted by molar-refractivity contribution is -0.0122. The van der Waals surface area contributed by atoms with Crippen molar-refractivity contribution in [1.29, 1.82) is 5.26 Å². The van der Waals surface area contributed by atoms with E-state index in [0.29, 0.717) is 12.6 Å². The van der Waals surface area contributed by atoms with Crippen LogP contribution in [0.5, 0.6) is 0 Å². The van der Waals surface area contributed by atoms with Crippen molar-refractivity contribution in [2.45, 2.75) is 38.1 Å². The van der Waals surface area contributed by atoms with Crippen molar-refractivity contribution < 1.29 is 0 Å². The maximum absolute atomic E-state index is 8.61. The first-order valence-corrected chi connectivity index (χ1v) is 5.97. The molecule has 0 unspecified atom stereocenters. The topological polar surface area (TPSA) is 35.8 Å². The molecule has 0 radical (unpaired) electrons. The maximum Gasteiger partial charge on any atom is 0.0843 e. The first-order valence-electron chi connectivity index (χ1n) is 5.97. The van der Waals surface area contributed by atoms with Crippen LogP contribution < -0.4 is 5.32 Å². The van der Waals surface area contributed by atoms with Gasteiger partial charge in [0.1, 0.15) is 0 Å². The summed E-state index contributed by atoms with van der Waals surface area (Å²) in [5.74, 6) is 3.88. The highest BCUT2D eigenvalue weighted by Crippen LogP contribution is 2.53. The molecule has 0 aromatic carbocycles. The Morgan fingerprint density at radius 2 is 1.57 bits per heavy atom. The minimum absolute atomic E-state index is 0.549. The zero-order chi connectivity index (χ0) is 9.54. The number of hydrogen-bond acceptors (Lipinski definition) is 2. The number of nitriles is 1. The van der Waals surface area contributed by atoms with Crippen LogP contribution in [0.1, 0.15) is 32.1 Å². The summed E-state index contributed by atoms with van der Waals surface area (Å²) in [6, 6.07) is 2.90. The lowest BCUT2D eigenvalue weighted by Crippen LogP contribution is -2.54. The molecule has 4 aliphatic rings. The Morgan fingerprint density at radius 3 is 2.07 bits per heavy atom. The number of nitrogens with zero attached hydrogens (tertiary/aromatic N) is 1. The highest BCUT2D eigenvalue weighted by atomic mass is 14.9. The summed E-state index contributed by atoms with van der Waals surface area (Å²) in [5, 5.41) is 12.1. The minimum atomic E-state index is 0.549. The van der Waals surface area contributed by atoms with Crippen molar-refractivity contribution in [3.05, 3.63) is 0 Å². The summed E-state index contributed by atoms with van der Waals surface area (Å²) >= 11 is 0. The van der Waals surface area contributed by atoms with Crippen molar-refractivity contribution in [1.82, 2.24) is 5.32 Å². The smallest absolute Gasteiger partial charge is 0.0843 e. The average Bonchev–Trinajstić information content (AvgIpc) is 2.15. The van der Waals surface area contributed by atoms with Gasteiger partial charge in [0.25, 0.3) is 0 Å². The molecule has 1 N–H and O–H groups in total. The fourth-order valence-corrected chi connectivity index (χ4v) is 4.42. The van der Waals surface area contributed by atoms with Crippen LogP contribution in [0.3, 0.4) is 0 Å². The van der Waals surface area contributed by atoms with Crippen molar-refractivity contribution in [3.8, 4) is 6.07 Å². The van der Waals surface area contributed by atoms with E-state index in [1.165, 1.54) is 32.1 Å². The molecule has 4 bridgehead atoms.